The Balaban J connectivity index is 2.25. The molecule has 2 atom stereocenters. The summed E-state index contributed by atoms with van der Waals surface area (Å²) in [5.41, 5.74) is 1.13. The molecule has 1 heterocycles. The third-order valence-electron chi connectivity index (χ3n) is 3.68. The third-order valence-corrected chi connectivity index (χ3v) is 3.68. The first kappa shape index (κ1) is 14.3. The summed E-state index contributed by atoms with van der Waals surface area (Å²) in [6.45, 7) is 2.42. The van der Waals surface area contributed by atoms with Crippen molar-refractivity contribution in [2.75, 3.05) is 13.7 Å². The van der Waals surface area contributed by atoms with Crippen molar-refractivity contribution in [3.63, 3.8) is 0 Å². The van der Waals surface area contributed by atoms with E-state index in [0.29, 0.717) is 18.0 Å². The Morgan fingerprint density at radius 2 is 2.21 bits per heavy atom. The van der Waals surface area contributed by atoms with Crippen LogP contribution in [0.15, 0.2) is 12.1 Å². The van der Waals surface area contributed by atoms with E-state index in [1.807, 2.05) is 0 Å². The molecule has 0 aromatic heterocycles. The molecule has 1 fully saturated rings. The molecule has 4 heteroatoms. The van der Waals surface area contributed by atoms with Gasteiger partial charge in [0.05, 0.1) is 7.11 Å². The number of hydrogen-bond acceptors (Lipinski definition) is 2. The quantitative estimate of drug-likeness (QED) is 0.902. The van der Waals surface area contributed by atoms with Crippen LogP contribution < -0.4 is 10.1 Å². The van der Waals surface area contributed by atoms with E-state index in [-0.39, 0.29) is 5.75 Å². The molecule has 0 aliphatic carbocycles. The maximum atomic E-state index is 13.9. The van der Waals surface area contributed by atoms with Crippen LogP contribution in [0.1, 0.15) is 43.5 Å². The summed E-state index contributed by atoms with van der Waals surface area (Å²) >= 11 is 0. The van der Waals surface area contributed by atoms with Crippen LogP contribution in [0.5, 0.6) is 5.75 Å². The van der Waals surface area contributed by atoms with Gasteiger partial charge in [0, 0.05) is 6.04 Å². The van der Waals surface area contributed by atoms with Gasteiger partial charge in [-0.25, -0.2) is 8.78 Å². The lowest BCUT2D eigenvalue weighted by molar-refractivity contribution is 0.355. The minimum atomic E-state index is -1.17. The Hall–Kier alpha value is -1.16. The lowest BCUT2D eigenvalue weighted by atomic mass is 9.95. The molecule has 1 saturated heterocycles. The number of ether oxygens (including phenoxy) is 1. The van der Waals surface area contributed by atoms with E-state index >= 15 is 0 Å². The van der Waals surface area contributed by atoms with Gasteiger partial charge >= 0.3 is 0 Å². The average Bonchev–Trinajstić information content (AvgIpc) is 2.39. The summed E-state index contributed by atoms with van der Waals surface area (Å²) in [5.74, 6) is -0.230. The molecule has 1 aromatic rings. The summed E-state index contributed by atoms with van der Waals surface area (Å²) < 4.78 is 32.4. The topological polar surface area (TPSA) is 21.3 Å². The lowest BCUT2D eigenvalue weighted by Crippen LogP contribution is -2.35. The molecule has 2 rings (SSSR count). The summed E-state index contributed by atoms with van der Waals surface area (Å²) in [7, 11) is 1.45. The van der Waals surface area contributed by atoms with Crippen molar-refractivity contribution < 1.29 is 13.5 Å². The summed E-state index contributed by atoms with van der Waals surface area (Å²) in [6, 6.07) is 3.27. The second-order valence-corrected chi connectivity index (χ2v) is 5.16. The molecule has 1 N–H and O–H groups in total. The van der Waals surface area contributed by atoms with Gasteiger partial charge < -0.3 is 10.1 Å². The van der Waals surface area contributed by atoms with E-state index in [4.69, 9.17) is 4.74 Å². The van der Waals surface area contributed by atoms with Crippen LogP contribution in [0.25, 0.3) is 0 Å². The van der Waals surface area contributed by atoms with Crippen LogP contribution >= 0.6 is 0 Å². The van der Waals surface area contributed by atoms with E-state index in [9.17, 15) is 8.78 Å². The van der Waals surface area contributed by atoms with Crippen LogP contribution in [0.4, 0.5) is 8.78 Å². The number of nitrogens with one attached hydrogen (secondary N) is 1. The van der Waals surface area contributed by atoms with Gasteiger partial charge in [0.15, 0.2) is 11.6 Å². The van der Waals surface area contributed by atoms with Crippen molar-refractivity contribution in [3.05, 3.63) is 29.1 Å². The van der Waals surface area contributed by atoms with Crippen molar-refractivity contribution in [3.8, 4) is 5.75 Å². The van der Waals surface area contributed by atoms with Crippen molar-refractivity contribution in [1.29, 1.82) is 0 Å². The van der Waals surface area contributed by atoms with Crippen LogP contribution in [0.3, 0.4) is 0 Å². The average molecular weight is 269 g/mol. The van der Waals surface area contributed by atoms with E-state index in [1.54, 1.807) is 6.07 Å². The molecule has 0 saturated carbocycles. The fraction of sp³-hybridized carbons (Fsp3) is 0.600. The minimum absolute atomic E-state index is 0.247. The first-order valence-electron chi connectivity index (χ1n) is 6.85. The SMILES string of the molecule is COc1c(F)cc(C(C)F)cc1CC1CCCCN1. The largest absolute Gasteiger partial charge is 0.493 e. The molecule has 0 spiro atoms. The van der Waals surface area contributed by atoms with Crippen molar-refractivity contribution >= 4 is 0 Å². The molecular formula is C15H21F2NO. The highest BCUT2D eigenvalue weighted by molar-refractivity contribution is 5.40. The predicted molar refractivity (Wildman–Crippen MR) is 71.8 cm³/mol. The van der Waals surface area contributed by atoms with Crippen molar-refractivity contribution in [2.24, 2.45) is 0 Å². The number of hydrogen-bond donors (Lipinski definition) is 1. The highest BCUT2D eigenvalue weighted by atomic mass is 19.1. The van der Waals surface area contributed by atoms with Gasteiger partial charge in [0.2, 0.25) is 0 Å². The van der Waals surface area contributed by atoms with Crippen LogP contribution in [0, 0.1) is 5.82 Å². The lowest BCUT2D eigenvalue weighted by Gasteiger charge is -2.24. The minimum Gasteiger partial charge on any atom is -0.493 e. The second-order valence-electron chi connectivity index (χ2n) is 5.16. The molecule has 0 amide bonds. The Morgan fingerprint density at radius 3 is 2.79 bits per heavy atom. The molecular weight excluding hydrogens is 248 g/mol. The molecule has 106 valence electrons. The zero-order chi connectivity index (χ0) is 13.8. The molecule has 0 radical (unpaired) electrons. The van der Waals surface area contributed by atoms with E-state index < -0.39 is 12.0 Å². The van der Waals surface area contributed by atoms with Crippen molar-refractivity contribution in [1.82, 2.24) is 5.32 Å². The van der Waals surface area contributed by atoms with Gasteiger partial charge in [-0.2, -0.15) is 0 Å². The van der Waals surface area contributed by atoms with Gasteiger partial charge in [0.25, 0.3) is 0 Å². The van der Waals surface area contributed by atoms with Gasteiger partial charge in [-0.1, -0.05) is 6.42 Å². The highest BCUT2D eigenvalue weighted by Gasteiger charge is 2.19. The Morgan fingerprint density at radius 1 is 1.42 bits per heavy atom. The van der Waals surface area contributed by atoms with Gasteiger partial charge in [-0.3, -0.25) is 0 Å². The number of piperidine rings is 1. The molecule has 1 aliphatic heterocycles. The molecule has 1 aromatic carbocycles. The third kappa shape index (κ3) is 3.44. The summed E-state index contributed by atoms with van der Waals surface area (Å²) in [4.78, 5) is 0. The number of alkyl halides is 1. The van der Waals surface area contributed by atoms with Gasteiger partial charge in [0.1, 0.15) is 6.17 Å². The fourth-order valence-electron chi connectivity index (χ4n) is 2.65. The fourth-order valence-corrected chi connectivity index (χ4v) is 2.65. The molecule has 2 nitrogen and oxygen atoms in total. The zero-order valence-electron chi connectivity index (χ0n) is 11.5. The number of benzene rings is 1. The number of methoxy groups -OCH3 is 1. The monoisotopic (exact) mass is 269 g/mol. The first-order chi connectivity index (χ1) is 9.11. The summed E-state index contributed by atoms with van der Waals surface area (Å²) in [5, 5.41) is 3.42. The smallest absolute Gasteiger partial charge is 0.165 e. The standard InChI is InChI=1S/C15H21F2NO/c1-10(16)11-7-12(15(19-2)14(17)9-11)8-13-5-3-4-6-18-13/h7,9-10,13,18H,3-6,8H2,1-2H3. The van der Waals surface area contributed by atoms with Crippen LogP contribution in [-0.4, -0.2) is 19.7 Å². The van der Waals surface area contributed by atoms with Crippen LogP contribution in [-0.2, 0) is 6.42 Å². The highest BCUT2D eigenvalue weighted by Crippen LogP contribution is 2.30. The first-order valence-corrected chi connectivity index (χ1v) is 6.85. The molecule has 1 aliphatic rings. The zero-order valence-corrected chi connectivity index (χ0v) is 11.5. The Kier molecular flexibility index (Phi) is 4.75. The van der Waals surface area contributed by atoms with Crippen molar-refractivity contribution in [2.45, 2.75) is 44.8 Å². The molecule has 2 unspecified atom stereocenters. The van der Waals surface area contributed by atoms with Gasteiger partial charge in [-0.05, 0) is 56.0 Å². The van der Waals surface area contributed by atoms with E-state index in [0.717, 1.165) is 18.5 Å². The Labute approximate surface area is 113 Å². The van der Waals surface area contributed by atoms with E-state index in [2.05, 4.69) is 5.32 Å². The maximum absolute atomic E-state index is 13.9. The molecule has 19 heavy (non-hydrogen) atoms. The normalized spacial score (nSPS) is 21.2. The predicted octanol–water partition coefficient (Wildman–Crippen LogP) is 3.55. The second kappa shape index (κ2) is 6.33. The molecule has 0 bridgehead atoms. The van der Waals surface area contributed by atoms with Gasteiger partial charge in [-0.15, -0.1) is 0 Å². The maximum Gasteiger partial charge on any atom is 0.165 e. The number of halogens is 2. The van der Waals surface area contributed by atoms with E-state index in [1.165, 1.54) is 32.9 Å². The summed E-state index contributed by atoms with van der Waals surface area (Å²) in [6.07, 6.45) is 2.95. The van der Waals surface area contributed by atoms with Crippen LogP contribution in [0.2, 0.25) is 0 Å². The number of rotatable bonds is 4. The Bertz CT molecular complexity index is 428.